The molecule has 0 amide bonds. The van der Waals surface area contributed by atoms with Crippen molar-refractivity contribution in [3.8, 4) is 5.75 Å². The van der Waals surface area contributed by atoms with Crippen LogP contribution >= 0.6 is 0 Å². The molecule has 3 nitrogen and oxygen atoms in total. The molecule has 0 saturated carbocycles. The SMILES string of the molecule is CC[N+](C)(C)Cc1cc(C(C)=O)ccc1OC. The Morgan fingerprint density at radius 3 is 2.47 bits per heavy atom. The van der Waals surface area contributed by atoms with Crippen LogP contribution in [0.4, 0.5) is 0 Å². The highest BCUT2D eigenvalue weighted by Crippen LogP contribution is 2.23. The second-order valence-electron chi connectivity index (χ2n) is 4.99. The van der Waals surface area contributed by atoms with Crippen LogP contribution in [0.25, 0.3) is 0 Å². The van der Waals surface area contributed by atoms with E-state index in [0.717, 1.165) is 34.4 Å². The van der Waals surface area contributed by atoms with Gasteiger partial charge in [0.1, 0.15) is 12.3 Å². The maximum atomic E-state index is 11.4. The van der Waals surface area contributed by atoms with Crippen molar-refractivity contribution in [1.29, 1.82) is 0 Å². The van der Waals surface area contributed by atoms with Crippen molar-refractivity contribution >= 4 is 5.78 Å². The van der Waals surface area contributed by atoms with Gasteiger partial charge in [-0.05, 0) is 32.0 Å². The minimum atomic E-state index is 0.0932. The van der Waals surface area contributed by atoms with Gasteiger partial charge in [0.25, 0.3) is 0 Å². The maximum Gasteiger partial charge on any atom is 0.159 e. The normalized spacial score (nSPS) is 11.4. The van der Waals surface area contributed by atoms with Gasteiger partial charge in [0.2, 0.25) is 0 Å². The summed E-state index contributed by atoms with van der Waals surface area (Å²) in [5.74, 6) is 0.949. The zero-order valence-electron chi connectivity index (χ0n) is 11.4. The molecule has 0 fully saturated rings. The molecule has 0 unspecified atom stereocenters. The van der Waals surface area contributed by atoms with Crippen LogP contribution in [0.5, 0.6) is 5.75 Å². The molecular formula is C14H22NO2+. The number of carbonyl (C=O) groups is 1. The summed E-state index contributed by atoms with van der Waals surface area (Å²) in [5, 5.41) is 0. The Labute approximate surface area is 104 Å². The van der Waals surface area contributed by atoms with Gasteiger partial charge in [0.05, 0.1) is 27.7 Å². The smallest absolute Gasteiger partial charge is 0.159 e. The van der Waals surface area contributed by atoms with Crippen molar-refractivity contribution < 1.29 is 14.0 Å². The second-order valence-corrected chi connectivity index (χ2v) is 4.99. The van der Waals surface area contributed by atoms with Crippen molar-refractivity contribution in [2.75, 3.05) is 27.7 Å². The van der Waals surface area contributed by atoms with Gasteiger partial charge >= 0.3 is 0 Å². The number of carbonyl (C=O) groups excluding carboxylic acids is 1. The molecule has 0 aromatic heterocycles. The molecule has 1 rings (SSSR count). The Morgan fingerprint density at radius 2 is 2.00 bits per heavy atom. The van der Waals surface area contributed by atoms with Crippen LogP contribution in [-0.2, 0) is 6.54 Å². The zero-order valence-corrected chi connectivity index (χ0v) is 11.4. The number of hydrogen-bond acceptors (Lipinski definition) is 2. The van der Waals surface area contributed by atoms with E-state index in [1.165, 1.54) is 0 Å². The Kier molecular flexibility index (Phi) is 4.29. The fraction of sp³-hybridized carbons (Fsp3) is 0.500. The maximum absolute atomic E-state index is 11.4. The number of benzene rings is 1. The highest BCUT2D eigenvalue weighted by Gasteiger charge is 2.17. The van der Waals surface area contributed by atoms with Gasteiger partial charge in [0, 0.05) is 11.1 Å². The van der Waals surface area contributed by atoms with Crippen LogP contribution in [0.3, 0.4) is 0 Å². The van der Waals surface area contributed by atoms with Crippen LogP contribution in [-0.4, -0.2) is 38.0 Å². The summed E-state index contributed by atoms with van der Waals surface area (Å²) in [6.45, 7) is 5.64. The molecule has 0 aliphatic carbocycles. The molecule has 0 aliphatic rings. The van der Waals surface area contributed by atoms with Gasteiger partial charge in [-0.3, -0.25) is 4.79 Å². The summed E-state index contributed by atoms with van der Waals surface area (Å²) in [6, 6.07) is 5.63. The number of Topliss-reactive ketones (excluding diaryl/α,β-unsaturated/α-hetero) is 1. The summed E-state index contributed by atoms with van der Waals surface area (Å²) in [7, 11) is 6.00. The lowest BCUT2D eigenvalue weighted by Gasteiger charge is -2.29. The lowest BCUT2D eigenvalue weighted by Crippen LogP contribution is -2.38. The number of rotatable bonds is 5. The first-order valence-electron chi connectivity index (χ1n) is 5.89. The molecule has 0 bridgehead atoms. The Morgan fingerprint density at radius 1 is 1.35 bits per heavy atom. The second kappa shape index (κ2) is 5.32. The predicted molar refractivity (Wildman–Crippen MR) is 69.4 cm³/mol. The van der Waals surface area contributed by atoms with E-state index in [1.54, 1.807) is 14.0 Å². The standard InChI is InChI=1S/C14H22NO2/c1-6-15(3,4)10-13-9-12(11(2)16)7-8-14(13)17-5/h7-9H,6,10H2,1-5H3/q+1. The van der Waals surface area contributed by atoms with E-state index in [-0.39, 0.29) is 5.78 Å². The van der Waals surface area contributed by atoms with E-state index in [0.29, 0.717) is 0 Å². The first-order valence-corrected chi connectivity index (χ1v) is 5.89. The van der Waals surface area contributed by atoms with Crippen LogP contribution in [0, 0.1) is 0 Å². The van der Waals surface area contributed by atoms with E-state index in [1.807, 2.05) is 18.2 Å². The fourth-order valence-corrected chi connectivity index (χ4v) is 1.69. The van der Waals surface area contributed by atoms with Crippen molar-refractivity contribution in [1.82, 2.24) is 0 Å². The summed E-state index contributed by atoms with van der Waals surface area (Å²) in [4.78, 5) is 11.4. The molecule has 0 aliphatic heterocycles. The Balaban J connectivity index is 3.10. The molecule has 1 aromatic carbocycles. The molecule has 17 heavy (non-hydrogen) atoms. The lowest BCUT2D eigenvalue weighted by atomic mass is 10.1. The number of hydrogen-bond donors (Lipinski definition) is 0. The number of nitrogens with zero attached hydrogens (tertiary/aromatic N) is 1. The molecule has 0 radical (unpaired) electrons. The summed E-state index contributed by atoms with van der Waals surface area (Å²) in [6.07, 6.45) is 0. The minimum Gasteiger partial charge on any atom is -0.496 e. The summed E-state index contributed by atoms with van der Waals surface area (Å²) < 4.78 is 6.22. The van der Waals surface area contributed by atoms with E-state index in [2.05, 4.69) is 21.0 Å². The van der Waals surface area contributed by atoms with Crippen LogP contribution in [0.15, 0.2) is 18.2 Å². The van der Waals surface area contributed by atoms with E-state index in [4.69, 9.17) is 4.74 Å². The lowest BCUT2D eigenvalue weighted by molar-refractivity contribution is -0.901. The average molecular weight is 236 g/mol. The largest absolute Gasteiger partial charge is 0.496 e. The molecule has 1 aromatic rings. The van der Waals surface area contributed by atoms with Gasteiger partial charge in [-0.15, -0.1) is 0 Å². The van der Waals surface area contributed by atoms with Crippen LogP contribution in [0.1, 0.15) is 29.8 Å². The molecule has 3 heteroatoms. The van der Waals surface area contributed by atoms with Gasteiger partial charge < -0.3 is 9.22 Å². The van der Waals surface area contributed by atoms with Crippen molar-refractivity contribution in [2.45, 2.75) is 20.4 Å². The number of ketones is 1. The molecule has 0 saturated heterocycles. The zero-order chi connectivity index (χ0) is 13.1. The number of ether oxygens (including phenoxy) is 1. The van der Waals surface area contributed by atoms with Gasteiger partial charge in [-0.1, -0.05) is 0 Å². The van der Waals surface area contributed by atoms with Gasteiger partial charge in [-0.25, -0.2) is 0 Å². The minimum absolute atomic E-state index is 0.0932. The average Bonchev–Trinajstić information content (AvgIpc) is 2.28. The highest BCUT2D eigenvalue weighted by atomic mass is 16.5. The third-order valence-corrected chi connectivity index (χ3v) is 3.14. The van der Waals surface area contributed by atoms with E-state index >= 15 is 0 Å². The molecular weight excluding hydrogens is 214 g/mol. The van der Waals surface area contributed by atoms with E-state index < -0.39 is 0 Å². The third kappa shape index (κ3) is 3.56. The summed E-state index contributed by atoms with van der Waals surface area (Å²) in [5.41, 5.74) is 1.84. The topological polar surface area (TPSA) is 26.3 Å². The van der Waals surface area contributed by atoms with Gasteiger partial charge in [0.15, 0.2) is 5.78 Å². The van der Waals surface area contributed by atoms with Crippen molar-refractivity contribution in [3.05, 3.63) is 29.3 Å². The number of methoxy groups -OCH3 is 1. The first-order chi connectivity index (χ1) is 7.89. The molecule has 0 spiro atoms. The van der Waals surface area contributed by atoms with Crippen LogP contribution < -0.4 is 4.74 Å². The monoisotopic (exact) mass is 236 g/mol. The fourth-order valence-electron chi connectivity index (χ4n) is 1.69. The third-order valence-electron chi connectivity index (χ3n) is 3.14. The van der Waals surface area contributed by atoms with Crippen molar-refractivity contribution in [2.24, 2.45) is 0 Å². The molecule has 0 atom stereocenters. The quantitative estimate of drug-likeness (QED) is 0.580. The summed E-state index contributed by atoms with van der Waals surface area (Å²) >= 11 is 0. The van der Waals surface area contributed by atoms with E-state index in [9.17, 15) is 4.79 Å². The Bertz CT molecular complexity index is 411. The first kappa shape index (κ1) is 13.7. The Hall–Kier alpha value is -1.35. The van der Waals surface area contributed by atoms with Gasteiger partial charge in [-0.2, -0.15) is 0 Å². The van der Waals surface area contributed by atoms with Crippen molar-refractivity contribution in [3.63, 3.8) is 0 Å². The molecule has 94 valence electrons. The van der Waals surface area contributed by atoms with Crippen LogP contribution in [0.2, 0.25) is 0 Å². The molecule has 0 heterocycles. The number of quaternary nitrogens is 1. The predicted octanol–water partition coefficient (Wildman–Crippen LogP) is 2.49. The molecule has 0 N–H and O–H groups in total. The highest BCUT2D eigenvalue weighted by molar-refractivity contribution is 5.94.